The van der Waals surface area contributed by atoms with E-state index in [1.54, 1.807) is 24.3 Å². The van der Waals surface area contributed by atoms with Gasteiger partial charge in [0.25, 0.3) is 5.91 Å². The van der Waals surface area contributed by atoms with Gasteiger partial charge in [-0.2, -0.15) is 0 Å². The number of anilines is 1. The molecule has 3 rings (SSSR count). The van der Waals surface area contributed by atoms with E-state index in [2.05, 4.69) is 22.4 Å². The van der Waals surface area contributed by atoms with E-state index >= 15 is 0 Å². The van der Waals surface area contributed by atoms with Gasteiger partial charge >= 0.3 is 6.01 Å². The second kappa shape index (κ2) is 8.98. The Bertz CT molecular complexity index is 870. The van der Waals surface area contributed by atoms with Crippen LogP contribution in [0.3, 0.4) is 0 Å². The van der Waals surface area contributed by atoms with Crippen LogP contribution in [-0.4, -0.2) is 22.7 Å². The molecule has 0 spiro atoms. The van der Waals surface area contributed by atoms with Gasteiger partial charge in [-0.15, -0.1) is 5.10 Å². The monoisotopic (exact) mass is 365 g/mol. The average molecular weight is 365 g/mol. The van der Waals surface area contributed by atoms with Gasteiger partial charge in [-0.05, 0) is 49.7 Å². The predicted molar refractivity (Wildman–Crippen MR) is 104 cm³/mol. The molecule has 0 atom stereocenters. The number of aryl methyl sites for hydroxylation is 1. The number of benzene rings is 2. The third-order valence-electron chi connectivity index (χ3n) is 4.08. The number of rotatable bonds is 8. The first-order valence-electron chi connectivity index (χ1n) is 9.10. The first-order valence-corrected chi connectivity index (χ1v) is 9.10. The van der Waals surface area contributed by atoms with E-state index in [1.807, 2.05) is 31.2 Å². The van der Waals surface area contributed by atoms with Gasteiger partial charge < -0.3 is 9.15 Å². The number of carbonyl (C=O) groups excluding carboxylic acids is 1. The van der Waals surface area contributed by atoms with Crippen LogP contribution in [0.1, 0.15) is 42.1 Å². The number of unbranched alkanes of at least 4 members (excludes halogenated alkanes) is 2. The lowest BCUT2D eigenvalue weighted by Gasteiger charge is -2.06. The molecule has 2 aromatic carbocycles. The number of nitrogens with zero attached hydrogens (tertiary/aromatic N) is 2. The number of aromatic nitrogens is 2. The molecule has 0 aliphatic rings. The van der Waals surface area contributed by atoms with Crippen molar-refractivity contribution < 1.29 is 13.9 Å². The molecular weight excluding hydrogens is 342 g/mol. The van der Waals surface area contributed by atoms with E-state index in [0.29, 0.717) is 18.1 Å². The molecule has 1 heterocycles. The first kappa shape index (κ1) is 18.6. The van der Waals surface area contributed by atoms with Crippen LogP contribution in [0.15, 0.2) is 52.9 Å². The Morgan fingerprint density at radius 1 is 1.04 bits per heavy atom. The topological polar surface area (TPSA) is 77.2 Å². The minimum Gasteiger partial charge on any atom is -0.494 e. The van der Waals surface area contributed by atoms with Crippen molar-refractivity contribution in [1.82, 2.24) is 10.2 Å². The summed E-state index contributed by atoms with van der Waals surface area (Å²) in [7, 11) is 0. The highest BCUT2D eigenvalue weighted by atomic mass is 16.5. The Hall–Kier alpha value is -3.15. The molecule has 0 saturated carbocycles. The summed E-state index contributed by atoms with van der Waals surface area (Å²) in [4.78, 5) is 12.3. The van der Waals surface area contributed by atoms with Crippen LogP contribution in [0.25, 0.3) is 11.5 Å². The number of hydrogen-bond donors (Lipinski definition) is 1. The molecule has 0 saturated heterocycles. The van der Waals surface area contributed by atoms with Crippen molar-refractivity contribution in [3.8, 4) is 17.2 Å². The summed E-state index contributed by atoms with van der Waals surface area (Å²) in [5.74, 6) is 0.801. The lowest BCUT2D eigenvalue weighted by molar-refractivity contribution is 0.102. The minimum atomic E-state index is -0.313. The number of amides is 1. The number of carbonyl (C=O) groups is 1. The molecule has 3 aromatic rings. The molecule has 6 heteroatoms. The van der Waals surface area contributed by atoms with Gasteiger partial charge in [-0.1, -0.05) is 42.6 Å². The number of nitrogens with one attached hydrogen (secondary N) is 1. The summed E-state index contributed by atoms with van der Waals surface area (Å²) in [6.07, 6.45) is 3.33. The van der Waals surface area contributed by atoms with Crippen LogP contribution in [-0.2, 0) is 0 Å². The van der Waals surface area contributed by atoms with Crippen LogP contribution in [0.2, 0.25) is 0 Å². The summed E-state index contributed by atoms with van der Waals surface area (Å²) in [5.41, 5.74) is 2.44. The van der Waals surface area contributed by atoms with Crippen molar-refractivity contribution in [3.63, 3.8) is 0 Å². The smallest absolute Gasteiger partial charge is 0.322 e. The van der Waals surface area contributed by atoms with Crippen molar-refractivity contribution >= 4 is 11.9 Å². The van der Waals surface area contributed by atoms with Crippen LogP contribution in [0.4, 0.5) is 6.01 Å². The molecule has 0 aliphatic heterocycles. The van der Waals surface area contributed by atoms with Gasteiger partial charge in [-0.25, -0.2) is 0 Å². The molecule has 1 amide bonds. The Balaban J connectivity index is 1.58. The highest BCUT2D eigenvalue weighted by molar-refractivity contribution is 6.03. The normalized spacial score (nSPS) is 10.6. The lowest BCUT2D eigenvalue weighted by atomic mass is 10.1. The second-order valence-corrected chi connectivity index (χ2v) is 6.31. The first-order chi connectivity index (χ1) is 13.2. The van der Waals surface area contributed by atoms with Gasteiger partial charge in [0.05, 0.1) is 6.61 Å². The minimum absolute atomic E-state index is 0.0652. The Kier molecular flexibility index (Phi) is 6.20. The standard InChI is InChI=1S/C21H23N3O3/c1-3-4-5-14-26-18-12-10-16(11-13-18)19(25)22-21-24-23-20(27-21)17-8-6-15(2)7-9-17/h6-13H,3-5,14H2,1-2H3,(H,22,24,25). The van der Waals surface area contributed by atoms with Crippen molar-refractivity contribution in [2.24, 2.45) is 0 Å². The zero-order valence-corrected chi connectivity index (χ0v) is 15.6. The summed E-state index contributed by atoms with van der Waals surface area (Å²) in [6, 6.07) is 14.8. The zero-order chi connectivity index (χ0) is 19.1. The maximum Gasteiger partial charge on any atom is 0.322 e. The second-order valence-electron chi connectivity index (χ2n) is 6.31. The molecular formula is C21H23N3O3. The van der Waals surface area contributed by atoms with Gasteiger partial charge in [0.15, 0.2) is 0 Å². The van der Waals surface area contributed by atoms with Gasteiger partial charge in [-0.3, -0.25) is 10.1 Å². The third-order valence-corrected chi connectivity index (χ3v) is 4.08. The molecule has 0 fully saturated rings. The largest absolute Gasteiger partial charge is 0.494 e. The van der Waals surface area contributed by atoms with Gasteiger partial charge in [0.1, 0.15) is 5.75 Å². The molecule has 1 aromatic heterocycles. The summed E-state index contributed by atoms with van der Waals surface area (Å²) in [6.45, 7) is 4.84. The fraction of sp³-hybridized carbons (Fsp3) is 0.286. The van der Waals surface area contributed by atoms with E-state index in [0.717, 1.165) is 36.1 Å². The number of ether oxygens (including phenoxy) is 1. The van der Waals surface area contributed by atoms with E-state index in [1.165, 1.54) is 0 Å². The van der Waals surface area contributed by atoms with Gasteiger partial charge in [0.2, 0.25) is 5.89 Å². The zero-order valence-electron chi connectivity index (χ0n) is 15.6. The molecule has 0 radical (unpaired) electrons. The molecule has 0 aliphatic carbocycles. The van der Waals surface area contributed by atoms with Crippen molar-refractivity contribution in [3.05, 3.63) is 59.7 Å². The van der Waals surface area contributed by atoms with Crippen LogP contribution >= 0.6 is 0 Å². The van der Waals surface area contributed by atoms with E-state index in [4.69, 9.17) is 9.15 Å². The molecule has 1 N–H and O–H groups in total. The van der Waals surface area contributed by atoms with Crippen molar-refractivity contribution in [1.29, 1.82) is 0 Å². The molecule has 140 valence electrons. The van der Waals surface area contributed by atoms with E-state index in [-0.39, 0.29) is 11.9 Å². The van der Waals surface area contributed by atoms with Crippen LogP contribution < -0.4 is 10.1 Å². The number of hydrogen-bond acceptors (Lipinski definition) is 5. The van der Waals surface area contributed by atoms with Crippen molar-refractivity contribution in [2.75, 3.05) is 11.9 Å². The molecule has 0 unspecified atom stereocenters. The quantitative estimate of drug-likeness (QED) is 0.577. The highest BCUT2D eigenvalue weighted by Gasteiger charge is 2.13. The maximum atomic E-state index is 12.3. The average Bonchev–Trinajstić information content (AvgIpc) is 3.15. The summed E-state index contributed by atoms with van der Waals surface area (Å²) in [5, 5.41) is 10.5. The maximum absolute atomic E-state index is 12.3. The lowest BCUT2D eigenvalue weighted by Crippen LogP contribution is -2.12. The predicted octanol–water partition coefficient (Wildman–Crippen LogP) is 4.87. The van der Waals surface area contributed by atoms with Crippen LogP contribution in [0, 0.1) is 6.92 Å². The fourth-order valence-corrected chi connectivity index (χ4v) is 2.50. The van der Waals surface area contributed by atoms with E-state index in [9.17, 15) is 4.79 Å². The van der Waals surface area contributed by atoms with Crippen LogP contribution in [0.5, 0.6) is 5.75 Å². The molecule has 27 heavy (non-hydrogen) atoms. The Labute approximate surface area is 158 Å². The molecule has 0 bridgehead atoms. The summed E-state index contributed by atoms with van der Waals surface area (Å²) >= 11 is 0. The van der Waals surface area contributed by atoms with Crippen molar-refractivity contribution in [2.45, 2.75) is 33.1 Å². The highest BCUT2D eigenvalue weighted by Crippen LogP contribution is 2.21. The fourth-order valence-electron chi connectivity index (χ4n) is 2.50. The summed E-state index contributed by atoms with van der Waals surface area (Å²) < 4.78 is 11.2. The SMILES string of the molecule is CCCCCOc1ccc(C(=O)Nc2nnc(-c3ccc(C)cc3)o2)cc1. The van der Waals surface area contributed by atoms with E-state index < -0.39 is 0 Å². The third kappa shape index (κ3) is 5.17. The Morgan fingerprint density at radius 2 is 1.78 bits per heavy atom. The molecule has 6 nitrogen and oxygen atoms in total. The van der Waals surface area contributed by atoms with Gasteiger partial charge in [0, 0.05) is 11.1 Å². The Morgan fingerprint density at radius 3 is 2.48 bits per heavy atom.